The van der Waals surface area contributed by atoms with Crippen LogP contribution in [0.4, 0.5) is 0 Å². The Morgan fingerprint density at radius 2 is 1.89 bits per heavy atom. The third kappa shape index (κ3) is 9.99. The molecular formula is C28H55N7O9. The van der Waals surface area contributed by atoms with E-state index in [-0.39, 0.29) is 51.2 Å². The Balaban J connectivity index is 1.83. The second kappa shape index (κ2) is 18.0. The van der Waals surface area contributed by atoms with Gasteiger partial charge in [-0.05, 0) is 71.2 Å². The van der Waals surface area contributed by atoms with E-state index >= 15 is 0 Å². The van der Waals surface area contributed by atoms with Crippen LogP contribution >= 0.6 is 0 Å². The zero-order valence-corrected chi connectivity index (χ0v) is 25.8. The Kier molecular flexibility index (Phi) is 15.1. The summed E-state index contributed by atoms with van der Waals surface area (Å²) in [5.41, 5.74) is 23.8. The number of hydrogen-bond donors (Lipinski definition) is 11. The van der Waals surface area contributed by atoms with Crippen LogP contribution in [0.5, 0.6) is 0 Å². The molecule has 1 amide bonds. The molecule has 0 saturated heterocycles. The van der Waals surface area contributed by atoms with E-state index in [1.165, 1.54) is 0 Å². The van der Waals surface area contributed by atoms with Crippen LogP contribution in [0.2, 0.25) is 0 Å². The smallest absolute Gasteiger partial charge is 0.249 e. The molecule has 3 aliphatic rings. The maximum Gasteiger partial charge on any atom is 0.249 e. The topological polar surface area (TPSA) is 275 Å². The molecule has 2 fully saturated rings. The molecule has 0 radical (unpaired) electrons. The molecule has 1 aliphatic heterocycles. The molecule has 11 atom stereocenters. The van der Waals surface area contributed by atoms with Crippen LogP contribution in [0.25, 0.3) is 0 Å². The van der Waals surface area contributed by atoms with Crippen molar-refractivity contribution in [3.8, 4) is 0 Å². The molecule has 0 bridgehead atoms. The van der Waals surface area contributed by atoms with Crippen molar-refractivity contribution < 1.29 is 44.2 Å². The van der Waals surface area contributed by atoms with Crippen molar-refractivity contribution in [2.75, 3.05) is 39.9 Å². The largest absolute Gasteiger partial charge is 0.467 e. The Labute approximate surface area is 259 Å². The van der Waals surface area contributed by atoms with Gasteiger partial charge in [-0.1, -0.05) is 0 Å². The normalized spacial score (nSPS) is 35.0. The van der Waals surface area contributed by atoms with Crippen LogP contribution in [0, 0.1) is 5.92 Å². The highest BCUT2D eigenvalue weighted by molar-refractivity contribution is 5.80. The molecule has 0 unspecified atom stereocenters. The van der Waals surface area contributed by atoms with E-state index in [0.29, 0.717) is 18.1 Å². The van der Waals surface area contributed by atoms with E-state index in [4.69, 9.17) is 41.9 Å². The first kappa shape index (κ1) is 37.0. The summed E-state index contributed by atoms with van der Waals surface area (Å²) >= 11 is 0. The third-order valence-corrected chi connectivity index (χ3v) is 8.63. The number of aliphatic hydroxyl groups excluding tert-OH is 4. The van der Waals surface area contributed by atoms with Crippen LogP contribution in [0.3, 0.4) is 0 Å². The molecule has 256 valence electrons. The van der Waals surface area contributed by atoms with E-state index in [2.05, 4.69) is 16.0 Å². The van der Waals surface area contributed by atoms with Gasteiger partial charge in [-0.15, -0.1) is 0 Å². The number of nitrogens with two attached hydrogens (primary N) is 4. The molecule has 0 aromatic carbocycles. The lowest BCUT2D eigenvalue weighted by atomic mass is 9.81. The minimum Gasteiger partial charge on any atom is -0.467 e. The maximum atomic E-state index is 12.8. The van der Waals surface area contributed by atoms with Crippen LogP contribution in [-0.4, -0.2) is 140 Å². The SMILES string of the molecule is CN[C@@H](C)[C@@H](O)[C@H](OCCO)O[C@@H]1[C@@H](O)[C@H](O[C@H]2OC(CN)=CC[C@H]2NC[C@H]2C[C@H](N)C2)[C@@H](N)C[C@H]1NC(=O)[C@@H](O)CCN. The number of nitrogens with one attached hydrogen (secondary N) is 3. The van der Waals surface area contributed by atoms with Gasteiger partial charge in [-0.25, -0.2) is 0 Å². The summed E-state index contributed by atoms with van der Waals surface area (Å²) in [5.74, 6) is 0.288. The van der Waals surface area contributed by atoms with Gasteiger partial charge in [-0.2, -0.15) is 0 Å². The van der Waals surface area contributed by atoms with E-state index in [0.717, 1.165) is 19.4 Å². The zero-order valence-electron chi connectivity index (χ0n) is 25.8. The van der Waals surface area contributed by atoms with Gasteiger partial charge in [-0.3, -0.25) is 4.79 Å². The first-order chi connectivity index (χ1) is 21.0. The zero-order chi connectivity index (χ0) is 32.4. The third-order valence-electron chi connectivity index (χ3n) is 8.63. The van der Waals surface area contributed by atoms with Crippen LogP contribution in [-0.2, 0) is 23.7 Å². The average Bonchev–Trinajstić information content (AvgIpc) is 2.99. The number of rotatable bonds is 18. The van der Waals surface area contributed by atoms with Gasteiger partial charge in [0, 0.05) is 18.1 Å². The highest BCUT2D eigenvalue weighted by Gasteiger charge is 2.49. The lowest BCUT2D eigenvalue weighted by Gasteiger charge is -2.47. The summed E-state index contributed by atoms with van der Waals surface area (Å²) in [4.78, 5) is 12.8. The number of aliphatic hydroxyl groups is 4. The number of amides is 1. The van der Waals surface area contributed by atoms with E-state index in [1.54, 1.807) is 14.0 Å². The second-order valence-electron chi connectivity index (χ2n) is 12.0. The van der Waals surface area contributed by atoms with Gasteiger partial charge in [0.1, 0.15) is 36.3 Å². The summed E-state index contributed by atoms with van der Waals surface area (Å²) in [6, 6.07) is -2.23. The number of ether oxygens (including phenoxy) is 4. The Bertz CT molecular complexity index is 900. The van der Waals surface area contributed by atoms with E-state index in [1.807, 2.05) is 6.08 Å². The summed E-state index contributed by atoms with van der Waals surface area (Å²) in [6.07, 6.45) is -3.95. The molecule has 16 heteroatoms. The molecule has 44 heavy (non-hydrogen) atoms. The molecule has 2 saturated carbocycles. The van der Waals surface area contributed by atoms with E-state index < -0.39 is 67.1 Å². The van der Waals surface area contributed by atoms with Gasteiger partial charge in [0.2, 0.25) is 12.2 Å². The summed E-state index contributed by atoms with van der Waals surface area (Å²) < 4.78 is 24.2. The van der Waals surface area contributed by atoms with Crippen molar-refractivity contribution in [3.63, 3.8) is 0 Å². The standard InChI is InChI=1S/C28H55N7O9/c1-14(33-2)22(38)28(41-8-7-36)44-25-20(35-26(40)21(37)5-6-29)11-18(32)24(23(25)39)43-27-19(4-3-17(12-30)42-27)34-13-15-9-16(31)10-15/h3,14-16,18-25,27-28,33-34,36-39H,4-13,29-32H2,1-2H3,(H,35,40)/t14-,15-,16-,18-,19+,20+,21-,22+,23-,24+,25-,27+,28+/m0/s1. The minimum absolute atomic E-state index is 0.0300. The molecule has 3 rings (SSSR count). The average molecular weight is 634 g/mol. The van der Waals surface area contributed by atoms with Gasteiger partial charge >= 0.3 is 0 Å². The first-order valence-corrected chi connectivity index (χ1v) is 15.6. The summed E-state index contributed by atoms with van der Waals surface area (Å²) in [5, 5.41) is 51.4. The van der Waals surface area contributed by atoms with Crippen LogP contribution in [0.1, 0.15) is 39.0 Å². The minimum atomic E-state index is -1.44. The fourth-order valence-corrected chi connectivity index (χ4v) is 5.76. The number of hydrogen-bond acceptors (Lipinski definition) is 15. The van der Waals surface area contributed by atoms with Crippen molar-refractivity contribution in [2.45, 2.75) is 112 Å². The fraction of sp³-hybridized carbons (Fsp3) is 0.893. The molecule has 0 aromatic heterocycles. The number of carbonyl (C=O) groups excluding carboxylic acids is 1. The molecule has 0 aromatic rings. The Morgan fingerprint density at radius 3 is 2.50 bits per heavy atom. The quantitative estimate of drug-likeness (QED) is 0.0636. The molecule has 15 N–H and O–H groups in total. The number of likely N-dealkylation sites (N-methyl/N-ethyl adjacent to an activating group) is 1. The van der Waals surface area contributed by atoms with E-state index in [9.17, 15) is 25.2 Å². The van der Waals surface area contributed by atoms with Gasteiger partial charge in [0.05, 0.1) is 31.8 Å². The summed E-state index contributed by atoms with van der Waals surface area (Å²) in [6.45, 7) is 2.19. The lowest BCUT2D eigenvalue weighted by Crippen LogP contribution is -2.67. The Morgan fingerprint density at radius 1 is 1.16 bits per heavy atom. The van der Waals surface area contributed by atoms with Crippen molar-refractivity contribution in [3.05, 3.63) is 11.8 Å². The van der Waals surface area contributed by atoms with Crippen molar-refractivity contribution >= 4 is 5.91 Å². The van der Waals surface area contributed by atoms with Gasteiger partial charge < -0.3 is 78.3 Å². The predicted octanol–water partition coefficient (Wildman–Crippen LogP) is -4.37. The highest BCUT2D eigenvalue weighted by atomic mass is 16.7. The van der Waals surface area contributed by atoms with Crippen LogP contribution < -0.4 is 38.9 Å². The molecule has 2 aliphatic carbocycles. The summed E-state index contributed by atoms with van der Waals surface area (Å²) in [7, 11) is 1.65. The fourth-order valence-electron chi connectivity index (χ4n) is 5.76. The van der Waals surface area contributed by atoms with Gasteiger partial charge in [0.25, 0.3) is 0 Å². The second-order valence-corrected chi connectivity index (χ2v) is 12.0. The lowest BCUT2D eigenvalue weighted by molar-refractivity contribution is -0.273. The molecule has 1 heterocycles. The molecule has 0 spiro atoms. The molecule has 16 nitrogen and oxygen atoms in total. The van der Waals surface area contributed by atoms with Crippen molar-refractivity contribution in [1.82, 2.24) is 16.0 Å². The Hall–Kier alpha value is -1.51. The molecular weight excluding hydrogens is 578 g/mol. The predicted molar refractivity (Wildman–Crippen MR) is 160 cm³/mol. The van der Waals surface area contributed by atoms with Crippen molar-refractivity contribution in [2.24, 2.45) is 28.9 Å². The van der Waals surface area contributed by atoms with Gasteiger partial charge in [0.15, 0.2) is 6.29 Å². The van der Waals surface area contributed by atoms with Crippen LogP contribution in [0.15, 0.2) is 11.8 Å². The monoisotopic (exact) mass is 633 g/mol. The number of carbonyl (C=O) groups is 1. The highest BCUT2D eigenvalue weighted by Crippen LogP contribution is 2.31. The first-order valence-electron chi connectivity index (χ1n) is 15.6. The maximum absolute atomic E-state index is 12.8. The van der Waals surface area contributed by atoms with Crippen molar-refractivity contribution in [1.29, 1.82) is 0 Å².